The zero-order chi connectivity index (χ0) is 16.6. The smallest absolute Gasteiger partial charge is 0.340 e. The highest BCUT2D eigenvalue weighted by molar-refractivity contribution is 6.31. The second-order valence-electron chi connectivity index (χ2n) is 5.07. The molecule has 0 N–H and O–H groups in total. The van der Waals surface area contributed by atoms with Crippen LogP contribution in [0.15, 0.2) is 48.5 Å². The van der Waals surface area contributed by atoms with Gasteiger partial charge in [-0.3, -0.25) is 4.79 Å². The predicted octanol–water partition coefficient (Wildman–Crippen LogP) is 2.89. The van der Waals surface area contributed by atoms with E-state index in [4.69, 9.17) is 16.3 Å². The molecule has 1 aliphatic rings. The summed E-state index contributed by atoms with van der Waals surface area (Å²) in [7, 11) is 1.51. The van der Waals surface area contributed by atoms with Crippen LogP contribution < -0.4 is 4.90 Å². The Bertz CT molecular complexity index is 845. The van der Waals surface area contributed by atoms with E-state index in [1.165, 1.54) is 18.0 Å². The molecule has 0 spiro atoms. The number of anilines is 1. The fraction of sp³-hybridized carbons (Fsp3) is 0.118. The van der Waals surface area contributed by atoms with E-state index in [1.807, 2.05) is 6.07 Å². The normalized spacial score (nSPS) is 19.2. The molecule has 6 heteroatoms. The van der Waals surface area contributed by atoms with Crippen LogP contribution in [0.25, 0.3) is 0 Å². The van der Waals surface area contributed by atoms with Gasteiger partial charge in [-0.2, -0.15) is 5.26 Å². The highest BCUT2D eigenvalue weighted by atomic mass is 35.5. The first-order valence-electron chi connectivity index (χ1n) is 6.77. The van der Waals surface area contributed by atoms with Crippen LogP contribution in [0.2, 0.25) is 5.02 Å². The fourth-order valence-electron chi connectivity index (χ4n) is 2.54. The molecule has 0 unspecified atom stereocenters. The predicted molar refractivity (Wildman–Crippen MR) is 84.0 cm³/mol. The molecular formula is C17H11ClN2O3. The van der Waals surface area contributed by atoms with Crippen molar-refractivity contribution in [2.24, 2.45) is 0 Å². The number of fused-ring (bicyclic) bond motifs is 1. The third kappa shape index (κ3) is 2.24. The Morgan fingerprint density at radius 1 is 1.26 bits per heavy atom. The Morgan fingerprint density at radius 2 is 1.96 bits per heavy atom. The summed E-state index contributed by atoms with van der Waals surface area (Å²) in [4.78, 5) is 26.2. The lowest BCUT2D eigenvalue weighted by atomic mass is 9.96. The first kappa shape index (κ1) is 15.1. The number of nitrogens with zero attached hydrogens (tertiary/aromatic N) is 2. The third-order valence-electron chi connectivity index (χ3n) is 3.72. The van der Waals surface area contributed by atoms with Gasteiger partial charge >= 0.3 is 11.6 Å². The maximum absolute atomic E-state index is 12.6. The molecule has 0 aliphatic carbocycles. The van der Waals surface area contributed by atoms with Crippen molar-refractivity contribution in [3.8, 4) is 6.07 Å². The minimum absolute atomic E-state index is 0.264. The van der Waals surface area contributed by atoms with E-state index in [-0.39, 0.29) is 5.56 Å². The molecule has 3 rings (SSSR count). The molecule has 0 bridgehead atoms. The first-order valence-corrected chi connectivity index (χ1v) is 7.15. The summed E-state index contributed by atoms with van der Waals surface area (Å²) < 4.78 is 5.35. The van der Waals surface area contributed by atoms with Crippen molar-refractivity contribution < 1.29 is 14.3 Å². The zero-order valence-corrected chi connectivity index (χ0v) is 12.9. The Kier molecular flexibility index (Phi) is 3.55. The van der Waals surface area contributed by atoms with Crippen molar-refractivity contribution >= 4 is 29.2 Å². The van der Waals surface area contributed by atoms with Gasteiger partial charge in [-0.05, 0) is 30.3 Å². The summed E-state index contributed by atoms with van der Waals surface area (Å²) in [6.07, 6.45) is 0. The molecule has 1 atom stereocenters. The molecule has 1 heterocycles. The third-order valence-corrected chi connectivity index (χ3v) is 3.95. The summed E-state index contributed by atoms with van der Waals surface area (Å²) in [6.45, 7) is 0. The van der Waals surface area contributed by atoms with E-state index in [1.54, 1.807) is 42.5 Å². The summed E-state index contributed by atoms with van der Waals surface area (Å²) in [5.41, 5.74) is -0.979. The standard InChI is InChI=1S/C17H11ClN2O3/c1-20-14-9-12(18)7-8-13(14)17(10-19,16(20)22)23-15(21)11-5-3-2-4-6-11/h2-9H,1H3/t17-/m1/s1. The number of carbonyl (C=O) groups is 2. The first-order chi connectivity index (χ1) is 11.0. The Morgan fingerprint density at radius 3 is 2.61 bits per heavy atom. The highest BCUT2D eigenvalue weighted by Gasteiger charge is 2.54. The van der Waals surface area contributed by atoms with E-state index in [9.17, 15) is 14.9 Å². The number of hydrogen-bond donors (Lipinski definition) is 0. The van der Waals surface area contributed by atoms with E-state index in [2.05, 4.69) is 0 Å². The lowest BCUT2D eigenvalue weighted by Crippen LogP contribution is -2.41. The number of ether oxygens (including phenoxy) is 1. The van der Waals surface area contributed by atoms with Crippen molar-refractivity contribution in [3.63, 3.8) is 0 Å². The molecule has 0 fully saturated rings. The fourth-order valence-corrected chi connectivity index (χ4v) is 2.71. The van der Waals surface area contributed by atoms with Crippen LogP contribution in [-0.4, -0.2) is 18.9 Å². The number of hydrogen-bond acceptors (Lipinski definition) is 4. The van der Waals surface area contributed by atoms with E-state index < -0.39 is 17.5 Å². The average Bonchev–Trinajstić information content (AvgIpc) is 2.77. The minimum Gasteiger partial charge on any atom is -0.426 e. The van der Waals surface area contributed by atoms with Gasteiger partial charge in [-0.25, -0.2) is 4.79 Å². The number of rotatable bonds is 2. The summed E-state index contributed by atoms with van der Waals surface area (Å²) in [5, 5.41) is 10.0. The van der Waals surface area contributed by atoms with Gasteiger partial charge in [0.15, 0.2) is 0 Å². The van der Waals surface area contributed by atoms with E-state index >= 15 is 0 Å². The Balaban J connectivity index is 2.07. The van der Waals surface area contributed by atoms with Gasteiger partial charge in [0, 0.05) is 17.6 Å². The number of halogens is 1. The Labute approximate surface area is 137 Å². The van der Waals surface area contributed by atoms with Gasteiger partial charge in [0.2, 0.25) is 0 Å². The average molecular weight is 327 g/mol. The van der Waals surface area contributed by atoms with Crippen molar-refractivity contribution in [2.45, 2.75) is 5.60 Å². The lowest BCUT2D eigenvalue weighted by Gasteiger charge is -2.20. The number of carbonyl (C=O) groups excluding carboxylic acids is 2. The molecule has 0 aromatic heterocycles. The molecule has 1 aliphatic heterocycles. The summed E-state index contributed by atoms with van der Waals surface area (Å²) in [5.74, 6) is -1.36. The monoisotopic (exact) mass is 326 g/mol. The van der Waals surface area contributed by atoms with E-state index in [0.717, 1.165) is 0 Å². The number of benzene rings is 2. The SMILES string of the molecule is CN1C(=O)[C@](C#N)(OC(=O)c2ccccc2)c2ccc(Cl)cc21. The molecule has 0 saturated carbocycles. The molecule has 5 nitrogen and oxygen atoms in total. The van der Waals surface area contributed by atoms with Crippen molar-refractivity contribution in [1.82, 2.24) is 0 Å². The van der Waals surface area contributed by atoms with Gasteiger partial charge < -0.3 is 9.64 Å². The van der Waals surface area contributed by atoms with Gasteiger partial charge in [0.1, 0.15) is 6.07 Å². The molecule has 114 valence electrons. The van der Waals surface area contributed by atoms with Gasteiger partial charge in [-0.1, -0.05) is 29.8 Å². The number of esters is 1. The van der Waals surface area contributed by atoms with Crippen LogP contribution in [0.1, 0.15) is 15.9 Å². The molecule has 2 aromatic carbocycles. The molecular weight excluding hydrogens is 316 g/mol. The van der Waals surface area contributed by atoms with Crippen molar-refractivity contribution in [2.75, 3.05) is 11.9 Å². The number of likely N-dealkylation sites (N-methyl/N-ethyl adjacent to an activating group) is 1. The van der Waals surface area contributed by atoms with Crippen LogP contribution in [0.3, 0.4) is 0 Å². The topological polar surface area (TPSA) is 70.4 Å². The molecule has 0 radical (unpaired) electrons. The maximum Gasteiger partial charge on any atom is 0.340 e. The number of amides is 1. The van der Waals surface area contributed by atoms with Crippen molar-refractivity contribution in [3.05, 3.63) is 64.7 Å². The largest absolute Gasteiger partial charge is 0.426 e. The minimum atomic E-state index is -2.00. The lowest BCUT2D eigenvalue weighted by molar-refractivity contribution is -0.131. The summed E-state index contributed by atoms with van der Waals surface area (Å²) >= 11 is 5.95. The molecule has 2 aromatic rings. The summed E-state index contributed by atoms with van der Waals surface area (Å²) in [6, 6.07) is 14.7. The molecule has 0 saturated heterocycles. The van der Waals surface area contributed by atoms with E-state index in [0.29, 0.717) is 16.3 Å². The highest BCUT2D eigenvalue weighted by Crippen LogP contribution is 2.43. The van der Waals surface area contributed by atoms with Crippen LogP contribution in [0.4, 0.5) is 5.69 Å². The number of nitriles is 1. The van der Waals surface area contributed by atoms with Gasteiger partial charge in [-0.15, -0.1) is 0 Å². The van der Waals surface area contributed by atoms with Crippen LogP contribution in [-0.2, 0) is 15.1 Å². The second-order valence-corrected chi connectivity index (χ2v) is 5.51. The maximum atomic E-state index is 12.6. The second kappa shape index (κ2) is 5.41. The Hall–Kier alpha value is -2.84. The van der Waals surface area contributed by atoms with Crippen LogP contribution >= 0.6 is 11.6 Å². The molecule has 1 amide bonds. The zero-order valence-electron chi connectivity index (χ0n) is 12.1. The van der Waals surface area contributed by atoms with Crippen LogP contribution in [0, 0.1) is 11.3 Å². The quantitative estimate of drug-likeness (QED) is 0.796. The molecule has 23 heavy (non-hydrogen) atoms. The van der Waals surface area contributed by atoms with Gasteiger partial charge in [0.25, 0.3) is 5.91 Å². The van der Waals surface area contributed by atoms with Crippen molar-refractivity contribution in [1.29, 1.82) is 5.26 Å². The van der Waals surface area contributed by atoms with Gasteiger partial charge in [0.05, 0.1) is 11.3 Å². The van der Waals surface area contributed by atoms with Crippen LogP contribution in [0.5, 0.6) is 0 Å².